The van der Waals surface area contributed by atoms with Gasteiger partial charge in [0.2, 0.25) is 5.78 Å². The van der Waals surface area contributed by atoms with Crippen molar-refractivity contribution in [3.8, 4) is 17.0 Å². The monoisotopic (exact) mass is 491 g/mol. The second-order valence-electron chi connectivity index (χ2n) is 9.66. The number of rotatable bonds is 3. The van der Waals surface area contributed by atoms with Crippen molar-refractivity contribution < 1.29 is 34.8 Å². The SMILES string of the molecule is CN(C)[C@@H]1C(=O)C(C(N)=O)=C(O)C2(O)C(=O)C3=C(O)c4c(O)ccc(-c5ccccn5)c4C[C@H]3C[C@@H]12. The van der Waals surface area contributed by atoms with Crippen LogP contribution in [0.25, 0.3) is 17.0 Å². The van der Waals surface area contributed by atoms with Crippen LogP contribution >= 0.6 is 0 Å². The number of aromatic nitrogens is 1. The van der Waals surface area contributed by atoms with E-state index in [0.717, 1.165) is 0 Å². The molecule has 1 fully saturated rings. The van der Waals surface area contributed by atoms with Crippen molar-refractivity contribution in [2.24, 2.45) is 17.6 Å². The zero-order chi connectivity index (χ0) is 26.1. The van der Waals surface area contributed by atoms with Gasteiger partial charge in [-0.25, -0.2) is 0 Å². The summed E-state index contributed by atoms with van der Waals surface area (Å²) in [6.45, 7) is 0. The van der Waals surface area contributed by atoms with Crippen LogP contribution < -0.4 is 5.73 Å². The highest BCUT2D eigenvalue weighted by Crippen LogP contribution is 2.53. The molecule has 186 valence electrons. The molecule has 1 aromatic heterocycles. The number of aliphatic hydroxyl groups is 3. The second-order valence-corrected chi connectivity index (χ2v) is 9.66. The molecule has 6 N–H and O–H groups in total. The van der Waals surface area contributed by atoms with E-state index in [4.69, 9.17) is 5.73 Å². The average Bonchev–Trinajstić information content (AvgIpc) is 2.81. The van der Waals surface area contributed by atoms with E-state index in [9.17, 15) is 34.8 Å². The lowest BCUT2D eigenvalue weighted by atomic mass is 9.57. The van der Waals surface area contributed by atoms with Gasteiger partial charge >= 0.3 is 0 Å². The lowest BCUT2D eigenvalue weighted by Crippen LogP contribution is -2.65. The number of nitrogens with zero attached hydrogens (tertiary/aromatic N) is 2. The fraction of sp³-hybridized carbons (Fsp3) is 0.308. The number of phenols is 1. The first-order valence-electron chi connectivity index (χ1n) is 11.4. The van der Waals surface area contributed by atoms with Crippen LogP contribution in [0.5, 0.6) is 5.75 Å². The number of phenolic OH excluding ortho intramolecular Hbond substituents is 1. The first-order valence-corrected chi connectivity index (χ1v) is 11.4. The van der Waals surface area contributed by atoms with Crippen LogP contribution in [0, 0.1) is 11.8 Å². The van der Waals surface area contributed by atoms with Gasteiger partial charge in [-0.1, -0.05) is 6.07 Å². The summed E-state index contributed by atoms with van der Waals surface area (Å²) in [6, 6.07) is 7.28. The van der Waals surface area contributed by atoms with E-state index in [0.29, 0.717) is 16.8 Å². The van der Waals surface area contributed by atoms with E-state index < -0.39 is 58.0 Å². The topological polar surface area (TPSA) is 174 Å². The molecule has 1 amide bonds. The number of primary amides is 1. The number of carbonyl (C=O) groups excluding carboxylic acids is 3. The molecule has 4 atom stereocenters. The highest BCUT2D eigenvalue weighted by Gasteiger charge is 2.64. The molecule has 10 heteroatoms. The summed E-state index contributed by atoms with van der Waals surface area (Å²) in [5.41, 5.74) is 3.53. The lowest BCUT2D eigenvalue weighted by Gasteiger charge is -2.50. The van der Waals surface area contributed by atoms with Crippen LogP contribution in [0.2, 0.25) is 0 Å². The van der Waals surface area contributed by atoms with Gasteiger partial charge < -0.3 is 26.2 Å². The molecule has 3 aliphatic rings. The van der Waals surface area contributed by atoms with Crippen LogP contribution in [0.15, 0.2) is 53.4 Å². The third-order valence-corrected chi connectivity index (χ3v) is 7.55. The first-order chi connectivity index (χ1) is 17.0. The van der Waals surface area contributed by atoms with Gasteiger partial charge in [-0.15, -0.1) is 0 Å². The zero-order valence-corrected chi connectivity index (χ0v) is 19.6. The Labute approximate surface area is 206 Å². The van der Waals surface area contributed by atoms with Gasteiger partial charge in [-0.2, -0.15) is 0 Å². The highest BCUT2D eigenvalue weighted by atomic mass is 16.3. The van der Waals surface area contributed by atoms with Gasteiger partial charge in [-0.05, 0) is 62.7 Å². The minimum Gasteiger partial charge on any atom is -0.508 e. The minimum atomic E-state index is -2.65. The third-order valence-electron chi connectivity index (χ3n) is 7.55. The number of aromatic hydroxyl groups is 1. The smallest absolute Gasteiger partial charge is 0.255 e. The summed E-state index contributed by atoms with van der Waals surface area (Å²) in [7, 11) is 3.12. The van der Waals surface area contributed by atoms with Crippen molar-refractivity contribution in [1.29, 1.82) is 0 Å². The first kappa shape index (κ1) is 23.7. The summed E-state index contributed by atoms with van der Waals surface area (Å²) < 4.78 is 0. The van der Waals surface area contributed by atoms with Crippen molar-refractivity contribution in [3.63, 3.8) is 0 Å². The Hall–Kier alpha value is -4.02. The third kappa shape index (κ3) is 3.04. The molecule has 1 unspecified atom stereocenters. The number of amides is 1. The molecule has 2 aromatic rings. The minimum absolute atomic E-state index is 0.0308. The summed E-state index contributed by atoms with van der Waals surface area (Å²) in [4.78, 5) is 44.8. The van der Waals surface area contributed by atoms with E-state index in [-0.39, 0.29) is 29.7 Å². The predicted octanol–water partition coefficient (Wildman–Crippen LogP) is 1.03. The Morgan fingerprint density at radius 1 is 1.14 bits per heavy atom. The maximum Gasteiger partial charge on any atom is 0.255 e. The molecule has 3 aliphatic carbocycles. The van der Waals surface area contributed by atoms with Gasteiger partial charge in [0.05, 0.1) is 17.3 Å². The second kappa shape index (κ2) is 8.00. The molecule has 0 spiro atoms. The van der Waals surface area contributed by atoms with Crippen molar-refractivity contribution >= 4 is 23.2 Å². The molecule has 10 nitrogen and oxygen atoms in total. The number of hydrogen-bond acceptors (Lipinski definition) is 9. The van der Waals surface area contributed by atoms with E-state index in [2.05, 4.69) is 4.98 Å². The van der Waals surface area contributed by atoms with Gasteiger partial charge in [0.25, 0.3) is 5.91 Å². The number of nitrogens with two attached hydrogens (primary N) is 1. The Kier molecular flexibility index (Phi) is 5.27. The number of hydrogen-bond donors (Lipinski definition) is 5. The molecular formula is C26H25N3O7. The molecule has 0 saturated heterocycles. The maximum atomic E-state index is 13.8. The van der Waals surface area contributed by atoms with E-state index in [1.54, 1.807) is 44.6 Å². The van der Waals surface area contributed by atoms with Crippen molar-refractivity contribution in [3.05, 3.63) is 64.6 Å². The van der Waals surface area contributed by atoms with Crippen molar-refractivity contribution in [1.82, 2.24) is 9.88 Å². The van der Waals surface area contributed by atoms with E-state index in [1.165, 1.54) is 11.0 Å². The molecule has 0 aliphatic heterocycles. The quantitative estimate of drug-likeness (QED) is 0.393. The molecule has 1 saturated carbocycles. The number of aliphatic hydroxyl groups excluding tert-OH is 2. The number of carbonyl (C=O) groups is 3. The summed E-state index contributed by atoms with van der Waals surface area (Å²) in [5.74, 6) is -6.75. The molecule has 0 bridgehead atoms. The summed E-state index contributed by atoms with van der Waals surface area (Å²) >= 11 is 0. The summed E-state index contributed by atoms with van der Waals surface area (Å²) in [5, 5.41) is 44.4. The average molecular weight is 492 g/mol. The number of fused-ring (bicyclic) bond motifs is 3. The Morgan fingerprint density at radius 2 is 1.86 bits per heavy atom. The van der Waals surface area contributed by atoms with E-state index in [1.807, 2.05) is 0 Å². The molecular weight excluding hydrogens is 466 g/mol. The van der Waals surface area contributed by atoms with Crippen LogP contribution in [0.4, 0.5) is 0 Å². The Balaban J connectivity index is 1.75. The van der Waals surface area contributed by atoms with Crippen LogP contribution in [0.1, 0.15) is 17.5 Å². The molecule has 1 heterocycles. The summed E-state index contributed by atoms with van der Waals surface area (Å²) in [6.07, 6.45) is 1.85. The van der Waals surface area contributed by atoms with Gasteiger partial charge in [-0.3, -0.25) is 24.3 Å². The van der Waals surface area contributed by atoms with Gasteiger partial charge in [0, 0.05) is 23.3 Å². The highest BCUT2D eigenvalue weighted by molar-refractivity contribution is 6.24. The number of ketones is 2. The fourth-order valence-electron chi connectivity index (χ4n) is 6.01. The lowest BCUT2D eigenvalue weighted by molar-refractivity contribution is -0.153. The molecule has 1 aromatic carbocycles. The zero-order valence-electron chi connectivity index (χ0n) is 19.6. The van der Waals surface area contributed by atoms with Crippen LogP contribution in [-0.2, 0) is 20.8 Å². The van der Waals surface area contributed by atoms with Crippen LogP contribution in [-0.4, -0.2) is 73.5 Å². The maximum absolute atomic E-state index is 13.8. The predicted molar refractivity (Wildman–Crippen MR) is 127 cm³/mol. The van der Waals surface area contributed by atoms with Crippen molar-refractivity contribution in [2.75, 3.05) is 14.1 Å². The van der Waals surface area contributed by atoms with Crippen LogP contribution in [0.3, 0.4) is 0 Å². The number of pyridine rings is 1. The van der Waals surface area contributed by atoms with E-state index >= 15 is 0 Å². The molecule has 0 radical (unpaired) electrons. The fourth-order valence-corrected chi connectivity index (χ4v) is 6.01. The van der Waals surface area contributed by atoms with Gasteiger partial charge in [0.15, 0.2) is 11.4 Å². The Morgan fingerprint density at radius 3 is 2.47 bits per heavy atom. The van der Waals surface area contributed by atoms with Gasteiger partial charge in [0.1, 0.15) is 22.8 Å². The number of Topliss-reactive ketones (excluding diaryl/α,β-unsaturated/α-hetero) is 2. The standard InChI is InChI=1S/C26H25N3O7/c1-29(2)20-14-10-11-9-13-12(15-5-3-4-8-28-15)6-7-16(30)18(13)21(31)17(11)23(33)26(14,36)24(34)19(22(20)32)25(27)35/h3-8,11,14,20,30-31,34,36H,9-10H2,1-2H3,(H2,27,35)/t11-,14-,20-,26?/m0/s1. The number of benzene rings is 1. The molecule has 36 heavy (non-hydrogen) atoms. The largest absolute Gasteiger partial charge is 0.508 e. The Bertz CT molecular complexity index is 1400. The number of likely N-dealkylation sites (N-methyl/N-ethyl adjacent to an activating group) is 1. The van der Waals surface area contributed by atoms with Crippen molar-refractivity contribution in [2.45, 2.75) is 24.5 Å². The normalized spacial score (nSPS) is 27.6. The molecule has 5 rings (SSSR count).